The maximum Gasteiger partial charge on any atom is 0.317 e. The number of urea groups is 1. The standard InChI is InChI=1S/C25H29N7O/c26-10-19-11-27-23(28-12-19)31-14-22-7-6-21(31)15-32(22)24(33)29-20-8-25(9-20)16-30(17-25)13-18-4-2-1-3-5-18/h1-5,11-12,20-22H,6-9,13-17H2,(H,29,33)/t21-,22?/m1/s1. The normalized spacial score (nSPS) is 25.9. The predicted octanol–water partition coefficient (Wildman–Crippen LogP) is 2.38. The van der Waals surface area contributed by atoms with E-state index in [1.54, 1.807) is 12.4 Å². The van der Waals surface area contributed by atoms with Crippen molar-refractivity contribution in [3.8, 4) is 6.07 Å². The molecule has 1 spiro atoms. The van der Waals surface area contributed by atoms with Crippen LogP contribution in [0.1, 0.15) is 36.8 Å². The molecule has 5 heterocycles. The van der Waals surface area contributed by atoms with Gasteiger partial charge in [0.15, 0.2) is 0 Å². The van der Waals surface area contributed by atoms with E-state index in [9.17, 15) is 4.79 Å². The lowest BCUT2D eigenvalue weighted by Crippen LogP contribution is -2.69. The first-order chi connectivity index (χ1) is 16.1. The molecule has 7 rings (SSSR count). The van der Waals surface area contributed by atoms with Gasteiger partial charge in [-0.1, -0.05) is 30.3 Å². The lowest BCUT2D eigenvalue weighted by Gasteiger charge is -2.59. The Morgan fingerprint density at radius 1 is 1.09 bits per heavy atom. The van der Waals surface area contributed by atoms with E-state index in [0.29, 0.717) is 29.5 Å². The number of hydrogen-bond donors (Lipinski definition) is 1. The molecule has 170 valence electrons. The average Bonchev–Trinajstić information content (AvgIpc) is 2.82. The minimum absolute atomic E-state index is 0.0883. The quantitative estimate of drug-likeness (QED) is 0.781. The molecule has 8 heteroatoms. The van der Waals surface area contributed by atoms with Crippen LogP contribution in [0, 0.1) is 16.7 Å². The van der Waals surface area contributed by atoms with Crippen molar-refractivity contribution in [3.63, 3.8) is 0 Å². The maximum atomic E-state index is 13.1. The van der Waals surface area contributed by atoms with Gasteiger partial charge in [-0.3, -0.25) is 4.90 Å². The second-order valence-electron chi connectivity index (χ2n) is 10.3. The van der Waals surface area contributed by atoms with E-state index in [4.69, 9.17) is 5.26 Å². The van der Waals surface area contributed by atoms with Gasteiger partial charge in [-0.15, -0.1) is 0 Å². The number of aromatic nitrogens is 2. The molecule has 4 saturated heterocycles. The van der Waals surface area contributed by atoms with Crippen molar-refractivity contribution in [2.45, 2.75) is 50.4 Å². The molecular formula is C25H29N7O. The highest BCUT2D eigenvalue weighted by atomic mass is 16.2. The molecule has 4 aliphatic heterocycles. The zero-order chi connectivity index (χ0) is 22.4. The number of hydrogen-bond acceptors (Lipinski definition) is 6. The third-order valence-corrected chi connectivity index (χ3v) is 7.87. The SMILES string of the molecule is N#Cc1cnc(N2CC3CC[C@@H]2CN3C(=O)NC2CC3(C2)CN(Cc2ccccc2)C3)nc1. The maximum absolute atomic E-state index is 13.1. The smallest absolute Gasteiger partial charge is 0.317 e. The van der Waals surface area contributed by atoms with Gasteiger partial charge in [0, 0.05) is 44.8 Å². The minimum atomic E-state index is 0.0883. The molecule has 2 aromatic rings. The summed E-state index contributed by atoms with van der Waals surface area (Å²) in [5.41, 5.74) is 2.25. The van der Waals surface area contributed by atoms with Crippen molar-refractivity contribution in [3.05, 3.63) is 53.9 Å². The van der Waals surface area contributed by atoms with E-state index in [1.165, 1.54) is 5.56 Å². The first kappa shape index (κ1) is 20.4. The van der Waals surface area contributed by atoms with Crippen molar-refractivity contribution in [2.75, 3.05) is 31.1 Å². The lowest BCUT2D eigenvalue weighted by atomic mass is 9.60. The summed E-state index contributed by atoms with van der Waals surface area (Å²) >= 11 is 0. The van der Waals surface area contributed by atoms with Crippen molar-refractivity contribution in [2.24, 2.45) is 5.41 Å². The van der Waals surface area contributed by atoms with E-state index in [1.807, 2.05) is 4.90 Å². The highest BCUT2D eigenvalue weighted by Gasteiger charge is 2.53. The first-order valence-corrected chi connectivity index (χ1v) is 11.9. The summed E-state index contributed by atoms with van der Waals surface area (Å²) in [7, 11) is 0. The number of fused-ring (bicyclic) bond motifs is 3. The molecule has 5 aliphatic rings. The molecule has 0 radical (unpaired) electrons. The number of amides is 2. The summed E-state index contributed by atoms with van der Waals surface area (Å²) in [5, 5.41) is 12.3. The molecule has 2 bridgehead atoms. The molecule has 1 aliphatic carbocycles. The largest absolute Gasteiger partial charge is 0.335 e. The Bertz CT molecular complexity index is 1050. The molecule has 2 atom stereocenters. The number of benzene rings is 1. The fourth-order valence-corrected chi connectivity index (χ4v) is 6.31. The topological polar surface area (TPSA) is 88.4 Å². The average molecular weight is 444 g/mol. The van der Waals surface area contributed by atoms with Gasteiger partial charge in [0.1, 0.15) is 6.07 Å². The van der Waals surface area contributed by atoms with Gasteiger partial charge in [0.05, 0.1) is 24.0 Å². The Labute approximate surface area is 194 Å². The number of likely N-dealkylation sites (tertiary alicyclic amines) is 1. The summed E-state index contributed by atoms with van der Waals surface area (Å²) in [6, 6.07) is 13.5. The Balaban J connectivity index is 0.985. The lowest BCUT2D eigenvalue weighted by molar-refractivity contribution is -0.0813. The van der Waals surface area contributed by atoms with Gasteiger partial charge >= 0.3 is 6.03 Å². The highest BCUT2D eigenvalue weighted by molar-refractivity contribution is 5.76. The van der Waals surface area contributed by atoms with Crippen LogP contribution in [-0.4, -0.2) is 70.1 Å². The van der Waals surface area contributed by atoms with E-state index in [0.717, 1.165) is 51.9 Å². The van der Waals surface area contributed by atoms with Crippen LogP contribution >= 0.6 is 0 Å². The Kier molecular flexibility index (Phi) is 4.95. The number of rotatable bonds is 4. The van der Waals surface area contributed by atoms with Gasteiger partial charge in [-0.2, -0.15) is 5.26 Å². The molecule has 2 amide bonds. The van der Waals surface area contributed by atoms with Crippen LogP contribution in [0.3, 0.4) is 0 Å². The number of carbonyl (C=O) groups is 1. The number of nitrogens with zero attached hydrogens (tertiary/aromatic N) is 6. The number of piperidine rings is 2. The molecule has 1 N–H and O–H groups in total. The number of anilines is 1. The van der Waals surface area contributed by atoms with Crippen molar-refractivity contribution in [1.82, 2.24) is 25.1 Å². The Hall–Kier alpha value is -3.18. The highest BCUT2D eigenvalue weighted by Crippen LogP contribution is 2.48. The molecule has 1 aromatic carbocycles. The second kappa shape index (κ2) is 7.99. The fraction of sp³-hybridized carbons (Fsp3) is 0.520. The molecule has 8 nitrogen and oxygen atoms in total. The second-order valence-corrected chi connectivity index (χ2v) is 10.3. The third-order valence-electron chi connectivity index (χ3n) is 7.87. The van der Waals surface area contributed by atoms with Crippen LogP contribution in [0.25, 0.3) is 0 Å². The molecular weight excluding hydrogens is 414 g/mol. The molecule has 1 unspecified atom stereocenters. The third kappa shape index (κ3) is 3.80. The van der Waals surface area contributed by atoms with Gasteiger partial charge in [0.25, 0.3) is 0 Å². The molecule has 5 fully saturated rings. The van der Waals surface area contributed by atoms with Crippen LogP contribution in [-0.2, 0) is 6.54 Å². The van der Waals surface area contributed by atoms with Crippen molar-refractivity contribution >= 4 is 12.0 Å². The summed E-state index contributed by atoms with van der Waals surface area (Å²) in [6.45, 7) is 4.77. The summed E-state index contributed by atoms with van der Waals surface area (Å²) in [4.78, 5) is 28.5. The van der Waals surface area contributed by atoms with E-state index in [2.05, 4.69) is 61.5 Å². The summed E-state index contributed by atoms with van der Waals surface area (Å²) in [5.74, 6) is 0.662. The number of nitriles is 1. The molecule has 33 heavy (non-hydrogen) atoms. The molecule has 1 saturated carbocycles. The zero-order valence-corrected chi connectivity index (χ0v) is 18.7. The van der Waals surface area contributed by atoms with Gasteiger partial charge in [-0.05, 0) is 36.7 Å². The van der Waals surface area contributed by atoms with E-state index >= 15 is 0 Å². The Morgan fingerprint density at radius 2 is 1.82 bits per heavy atom. The number of piperazine rings is 1. The fourth-order valence-electron chi connectivity index (χ4n) is 6.31. The Morgan fingerprint density at radius 3 is 2.48 bits per heavy atom. The number of nitrogens with one attached hydrogen (secondary N) is 1. The van der Waals surface area contributed by atoms with E-state index < -0.39 is 0 Å². The minimum Gasteiger partial charge on any atom is -0.335 e. The monoisotopic (exact) mass is 443 g/mol. The van der Waals surface area contributed by atoms with Gasteiger partial charge in [0.2, 0.25) is 5.95 Å². The predicted molar refractivity (Wildman–Crippen MR) is 123 cm³/mol. The van der Waals surface area contributed by atoms with Gasteiger partial charge < -0.3 is 15.1 Å². The number of carbonyl (C=O) groups excluding carboxylic acids is 1. The van der Waals surface area contributed by atoms with Crippen LogP contribution in [0.2, 0.25) is 0 Å². The molecule has 1 aromatic heterocycles. The van der Waals surface area contributed by atoms with E-state index in [-0.39, 0.29) is 18.1 Å². The van der Waals surface area contributed by atoms with Crippen molar-refractivity contribution < 1.29 is 4.79 Å². The van der Waals surface area contributed by atoms with Crippen LogP contribution in [0.5, 0.6) is 0 Å². The van der Waals surface area contributed by atoms with Crippen LogP contribution in [0.15, 0.2) is 42.7 Å². The van der Waals surface area contributed by atoms with Crippen LogP contribution in [0.4, 0.5) is 10.7 Å². The zero-order valence-electron chi connectivity index (χ0n) is 18.7. The summed E-state index contributed by atoms with van der Waals surface area (Å²) < 4.78 is 0. The first-order valence-electron chi connectivity index (χ1n) is 11.9. The van der Waals surface area contributed by atoms with Crippen molar-refractivity contribution in [1.29, 1.82) is 5.26 Å². The summed E-state index contributed by atoms with van der Waals surface area (Å²) in [6.07, 6.45) is 7.40. The van der Waals surface area contributed by atoms with Gasteiger partial charge in [-0.25, -0.2) is 14.8 Å². The van der Waals surface area contributed by atoms with Crippen LogP contribution < -0.4 is 10.2 Å².